The number of nitrogens with zero attached hydrogens (tertiary/aromatic N) is 2. The van der Waals surface area contributed by atoms with Crippen LogP contribution in [-0.2, 0) is 13.1 Å². The second-order valence-electron chi connectivity index (χ2n) is 5.21. The first kappa shape index (κ1) is 15.7. The Morgan fingerprint density at radius 1 is 1.45 bits per heavy atom. The zero-order valence-electron chi connectivity index (χ0n) is 11.5. The molecule has 0 unspecified atom stereocenters. The molecule has 0 spiro atoms. The van der Waals surface area contributed by atoms with E-state index in [2.05, 4.69) is 10.3 Å². The van der Waals surface area contributed by atoms with Crippen LogP contribution < -0.4 is 5.32 Å². The number of nitrogens with one attached hydrogen (secondary N) is 1. The summed E-state index contributed by atoms with van der Waals surface area (Å²) in [7, 11) is 0. The van der Waals surface area contributed by atoms with Crippen LogP contribution in [0.25, 0.3) is 0 Å². The molecule has 0 aliphatic heterocycles. The van der Waals surface area contributed by atoms with Crippen LogP contribution in [0, 0.1) is 0 Å². The van der Waals surface area contributed by atoms with Crippen molar-refractivity contribution in [2.45, 2.75) is 51.5 Å². The highest BCUT2D eigenvalue weighted by molar-refractivity contribution is 7.09. The Balaban J connectivity index is 1.85. The minimum atomic E-state index is -4.15. The summed E-state index contributed by atoms with van der Waals surface area (Å²) in [5.74, 6) is 0. The van der Waals surface area contributed by atoms with E-state index >= 15 is 0 Å². The highest BCUT2D eigenvalue weighted by atomic mass is 32.1. The molecule has 0 aromatic carbocycles. The van der Waals surface area contributed by atoms with Crippen LogP contribution in [0.2, 0.25) is 0 Å². The monoisotopic (exact) mass is 307 g/mol. The third-order valence-corrected chi connectivity index (χ3v) is 3.94. The van der Waals surface area contributed by atoms with Crippen molar-refractivity contribution in [2.24, 2.45) is 0 Å². The maximum absolute atomic E-state index is 12.5. The van der Waals surface area contributed by atoms with Crippen molar-refractivity contribution < 1.29 is 13.2 Å². The highest BCUT2D eigenvalue weighted by Crippen LogP contribution is 2.21. The first-order chi connectivity index (χ1) is 9.46. The lowest BCUT2D eigenvalue weighted by Crippen LogP contribution is -2.34. The van der Waals surface area contributed by atoms with E-state index in [0.29, 0.717) is 19.0 Å². The second kappa shape index (κ2) is 6.87. The molecule has 1 saturated carbocycles. The van der Waals surface area contributed by atoms with E-state index in [1.807, 2.05) is 12.3 Å². The number of hydrogen-bond donors (Lipinski definition) is 1. The molecule has 0 atom stereocenters. The van der Waals surface area contributed by atoms with E-state index in [0.717, 1.165) is 17.2 Å². The fraction of sp³-hybridized carbons (Fsp3) is 0.769. The number of alkyl halides is 3. The van der Waals surface area contributed by atoms with E-state index in [4.69, 9.17) is 0 Å². The van der Waals surface area contributed by atoms with Crippen molar-refractivity contribution in [2.75, 3.05) is 13.1 Å². The summed E-state index contributed by atoms with van der Waals surface area (Å²) >= 11 is 1.52. The Bertz CT molecular complexity index is 415. The van der Waals surface area contributed by atoms with Gasteiger partial charge in [-0.2, -0.15) is 13.2 Å². The molecule has 1 aromatic heterocycles. The average Bonchev–Trinajstić information content (AvgIpc) is 3.06. The molecule has 0 bridgehead atoms. The molecule has 2 rings (SSSR count). The van der Waals surface area contributed by atoms with E-state index < -0.39 is 12.7 Å². The zero-order valence-corrected chi connectivity index (χ0v) is 12.4. The Hall–Kier alpha value is -0.660. The van der Waals surface area contributed by atoms with Crippen LogP contribution in [0.15, 0.2) is 5.38 Å². The molecule has 0 radical (unpaired) electrons. The van der Waals surface area contributed by atoms with E-state index in [1.54, 1.807) is 0 Å². The van der Waals surface area contributed by atoms with Gasteiger partial charge in [-0.1, -0.05) is 6.92 Å². The van der Waals surface area contributed by atoms with Crippen LogP contribution in [0.5, 0.6) is 0 Å². The molecule has 0 amide bonds. The standard InChI is InChI=1S/C13H20F3N3S/c1-2-5-19(9-13(14,15)16)7-11-8-20-12(18-11)6-17-10-3-4-10/h8,10,17H,2-7,9H2,1H3. The molecular formula is C13H20F3N3S. The predicted octanol–water partition coefficient (Wildman–Crippen LogP) is 3.17. The van der Waals surface area contributed by atoms with E-state index in [-0.39, 0.29) is 6.54 Å². The van der Waals surface area contributed by atoms with Crippen molar-refractivity contribution in [1.29, 1.82) is 0 Å². The smallest absolute Gasteiger partial charge is 0.308 e. The third kappa shape index (κ3) is 5.76. The summed E-state index contributed by atoms with van der Waals surface area (Å²) in [5, 5.41) is 6.18. The van der Waals surface area contributed by atoms with Crippen molar-refractivity contribution in [3.8, 4) is 0 Å². The van der Waals surface area contributed by atoms with Crippen molar-refractivity contribution in [3.63, 3.8) is 0 Å². The van der Waals surface area contributed by atoms with Crippen molar-refractivity contribution >= 4 is 11.3 Å². The Kier molecular flexibility index (Phi) is 5.40. The zero-order chi connectivity index (χ0) is 14.6. The summed E-state index contributed by atoms with van der Waals surface area (Å²) in [5.41, 5.74) is 0.736. The van der Waals surface area contributed by atoms with Crippen LogP contribution in [0.4, 0.5) is 13.2 Å². The summed E-state index contributed by atoms with van der Waals surface area (Å²) in [6.07, 6.45) is -1.01. The van der Waals surface area contributed by atoms with Gasteiger partial charge >= 0.3 is 6.18 Å². The molecule has 0 saturated heterocycles. The lowest BCUT2D eigenvalue weighted by Gasteiger charge is -2.21. The molecule has 20 heavy (non-hydrogen) atoms. The first-order valence-corrected chi connectivity index (χ1v) is 7.80. The highest BCUT2D eigenvalue weighted by Gasteiger charge is 2.30. The van der Waals surface area contributed by atoms with Gasteiger partial charge in [0.1, 0.15) is 5.01 Å². The number of rotatable bonds is 8. The van der Waals surface area contributed by atoms with Gasteiger partial charge in [0.15, 0.2) is 0 Å². The normalized spacial score (nSPS) is 16.1. The van der Waals surface area contributed by atoms with Gasteiger partial charge in [0.05, 0.1) is 12.2 Å². The quantitative estimate of drug-likeness (QED) is 0.799. The number of aromatic nitrogens is 1. The molecule has 1 aliphatic carbocycles. The van der Waals surface area contributed by atoms with Crippen LogP contribution in [0.3, 0.4) is 0 Å². The number of hydrogen-bond acceptors (Lipinski definition) is 4. The van der Waals surface area contributed by atoms with E-state index in [9.17, 15) is 13.2 Å². The number of thiazole rings is 1. The molecule has 3 nitrogen and oxygen atoms in total. The lowest BCUT2D eigenvalue weighted by atomic mass is 10.3. The fourth-order valence-electron chi connectivity index (χ4n) is 2.03. The van der Waals surface area contributed by atoms with Gasteiger partial charge < -0.3 is 5.32 Å². The SMILES string of the molecule is CCCN(Cc1csc(CNC2CC2)n1)CC(F)(F)F. The average molecular weight is 307 g/mol. The Labute approximate surface area is 121 Å². The minimum Gasteiger partial charge on any atom is -0.308 e. The van der Waals surface area contributed by atoms with Gasteiger partial charge in [0.2, 0.25) is 0 Å². The summed E-state index contributed by atoms with van der Waals surface area (Å²) in [6, 6.07) is 0.615. The van der Waals surface area contributed by atoms with Crippen molar-refractivity contribution in [1.82, 2.24) is 15.2 Å². The number of halogens is 3. The van der Waals surface area contributed by atoms with Gasteiger partial charge in [-0.15, -0.1) is 11.3 Å². The molecular weight excluding hydrogens is 287 g/mol. The largest absolute Gasteiger partial charge is 0.401 e. The van der Waals surface area contributed by atoms with Gasteiger partial charge in [-0.05, 0) is 25.8 Å². The molecule has 1 aliphatic rings. The van der Waals surface area contributed by atoms with Gasteiger partial charge in [0.25, 0.3) is 0 Å². The Morgan fingerprint density at radius 3 is 2.80 bits per heavy atom. The predicted molar refractivity (Wildman–Crippen MR) is 73.6 cm³/mol. The Morgan fingerprint density at radius 2 is 2.20 bits per heavy atom. The van der Waals surface area contributed by atoms with Gasteiger partial charge in [0, 0.05) is 24.5 Å². The molecule has 1 N–H and O–H groups in total. The van der Waals surface area contributed by atoms with Crippen LogP contribution in [0.1, 0.15) is 36.9 Å². The minimum absolute atomic E-state index is 0.271. The lowest BCUT2D eigenvalue weighted by molar-refractivity contribution is -0.147. The van der Waals surface area contributed by atoms with Gasteiger partial charge in [-0.25, -0.2) is 4.98 Å². The molecule has 1 aromatic rings. The maximum Gasteiger partial charge on any atom is 0.401 e. The third-order valence-electron chi connectivity index (χ3n) is 3.05. The summed E-state index contributed by atoms with van der Waals surface area (Å²) in [6.45, 7) is 2.45. The topological polar surface area (TPSA) is 28.2 Å². The molecule has 1 fully saturated rings. The first-order valence-electron chi connectivity index (χ1n) is 6.92. The molecule has 1 heterocycles. The van der Waals surface area contributed by atoms with Crippen LogP contribution in [-0.4, -0.2) is 35.2 Å². The van der Waals surface area contributed by atoms with E-state index in [1.165, 1.54) is 29.1 Å². The molecule has 114 valence electrons. The second-order valence-corrected chi connectivity index (χ2v) is 6.16. The summed E-state index contributed by atoms with van der Waals surface area (Å²) < 4.78 is 37.5. The van der Waals surface area contributed by atoms with Crippen LogP contribution >= 0.6 is 11.3 Å². The van der Waals surface area contributed by atoms with Gasteiger partial charge in [-0.3, -0.25) is 4.90 Å². The summed E-state index contributed by atoms with van der Waals surface area (Å²) in [4.78, 5) is 5.82. The maximum atomic E-state index is 12.5. The molecule has 7 heteroatoms. The fourth-order valence-corrected chi connectivity index (χ4v) is 2.77. The van der Waals surface area contributed by atoms with Crippen molar-refractivity contribution in [3.05, 3.63) is 16.1 Å².